The molecule has 3 N–H and O–H groups in total. The zero-order valence-electron chi connectivity index (χ0n) is 11.2. The molecule has 0 aliphatic carbocycles. The monoisotopic (exact) mass is 275 g/mol. The lowest BCUT2D eigenvalue weighted by Crippen LogP contribution is -2.25. The van der Waals surface area contributed by atoms with Crippen LogP contribution >= 0.6 is 0 Å². The number of aliphatic hydroxyl groups excluding tert-OH is 1. The van der Waals surface area contributed by atoms with E-state index in [1.807, 2.05) is 24.3 Å². The van der Waals surface area contributed by atoms with E-state index < -0.39 is 0 Å². The van der Waals surface area contributed by atoms with Gasteiger partial charge in [-0.15, -0.1) is 0 Å². The van der Waals surface area contributed by atoms with Crippen molar-refractivity contribution in [3.63, 3.8) is 0 Å². The molecule has 0 bridgehead atoms. The number of carbonyl (C=O) groups is 1. The van der Waals surface area contributed by atoms with Gasteiger partial charge in [-0.2, -0.15) is 5.10 Å². The molecule has 6 nitrogen and oxygen atoms in total. The van der Waals surface area contributed by atoms with Crippen LogP contribution in [0.3, 0.4) is 0 Å². The summed E-state index contributed by atoms with van der Waals surface area (Å²) in [5.41, 5.74) is 1.85. The van der Waals surface area contributed by atoms with E-state index in [0.29, 0.717) is 30.1 Å². The van der Waals surface area contributed by atoms with Crippen molar-refractivity contribution >= 4 is 5.91 Å². The number of methoxy groups -OCH3 is 1. The van der Waals surface area contributed by atoms with Crippen LogP contribution in [-0.2, 0) is 0 Å². The summed E-state index contributed by atoms with van der Waals surface area (Å²) >= 11 is 0. The summed E-state index contributed by atoms with van der Waals surface area (Å²) in [5, 5.41) is 18.2. The first-order valence-electron chi connectivity index (χ1n) is 6.34. The second-order valence-electron chi connectivity index (χ2n) is 4.20. The normalized spacial score (nSPS) is 10.3. The third-order valence-electron chi connectivity index (χ3n) is 2.83. The average Bonchev–Trinajstić information content (AvgIpc) is 2.97. The Morgan fingerprint density at radius 1 is 1.45 bits per heavy atom. The second-order valence-corrected chi connectivity index (χ2v) is 4.20. The number of rotatable bonds is 6. The summed E-state index contributed by atoms with van der Waals surface area (Å²) in [4.78, 5) is 11.8. The van der Waals surface area contributed by atoms with Crippen molar-refractivity contribution < 1.29 is 14.6 Å². The van der Waals surface area contributed by atoms with E-state index in [2.05, 4.69) is 15.5 Å². The number of nitrogens with one attached hydrogen (secondary N) is 2. The molecule has 2 rings (SSSR count). The summed E-state index contributed by atoms with van der Waals surface area (Å²) in [7, 11) is 1.59. The third-order valence-corrected chi connectivity index (χ3v) is 2.83. The smallest absolute Gasteiger partial charge is 0.269 e. The molecule has 0 aliphatic rings. The first-order chi connectivity index (χ1) is 9.76. The predicted octanol–water partition coefficient (Wildman–Crippen LogP) is 1.20. The molecular weight excluding hydrogens is 258 g/mol. The molecule has 0 atom stereocenters. The minimum absolute atomic E-state index is 0.0513. The summed E-state index contributed by atoms with van der Waals surface area (Å²) in [6.45, 7) is 0.480. The molecule has 0 saturated carbocycles. The van der Waals surface area contributed by atoms with Crippen LogP contribution < -0.4 is 10.1 Å². The van der Waals surface area contributed by atoms with E-state index >= 15 is 0 Å². The molecule has 2 aromatic rings. The van der Waals surface area contributed by atoms with Crippen LogP contribution in [-0.4, -0.2) is 41.5 Å². The number of H-pyrrole nitrogens is 1. The van der Waals surface area contributed by atoms with Gasteiger partial charge in [-0.1, -0.05) is 12.1 Å². The molecule has 1 aromatic carbocycles. The Morgan fingerprint density at radius 3 is 3.00 bits per heavy atom. The molecule has 0 aliphatic heterocycles. The van der Waals surface area contributed by atoms with Gasteiger partial charge in [0.25, 0.3) is 5.91 Å². The van der Waals surface area contributed by atoms with Gasteiger partial charge in [0.05, 0.1) is 12.8 Å². The lowest BCUT2D eigenvalue weighted by atomic mass is 10.1. The number of amides is 1. The number of aromatic nitrogens is 2. The lowest BCUT2D eigenvalue weighted by molar-refractivity contribution is 0.0946. The third kappa shape index (κ3) is 3.16. The van der Waals surface area contributed by atoms with E-state index in [-0.39, 0.29) is 12.5 Å². The van der Waals surface area contributed by atoms with Crippen molar-refractivity contribution in [2.45, 2.75) is 6.42 Å². The van der Waals surface area contributed by atoms with Crippen molar-refractivity contribution in [1.29, 1.82) is 0 Å². The van der Waals surface area contributed by atoms with Crippen LogP contribution in [0.1, 0.15) is 16.9 Å². The number of hydrogen-bond donors (Lipinski definition) is 3. The number of hydrogen-bond acceptors (Lipinski definition) is 4. The van der Waals surface area contributed by atoms with Gasteiger partial charge >= 0.3 is 0 Å². The first-order valence-corrected chi connectivity index (χ1v) is 6.34. The summed E-state index contributed by atoms with van der Waals surface area (Å²) < 4.78 is 5.27. The average molecular weight is 275 g/mol. The highest BCUT2D eigenvalue weighted by molar-refractivity contribution is 5.93. The maximum atomic E-state index is 11.8. The molecule has 0 radical (unpaired) electrons. The van der Waals surface area contributed by atoms with E-state index in [1.54, 1.807) is 13.2 Å². The minimum atomic E-state index is -0.243. The molecule has 6 heteroatoms. The topological polar surface area (TPSA) is 87.2 Å². The van der Waals surface area contributed by atoms with Crippen LogP contribution in [0.15, 0.2) is 30.3 Å². The van der Waals surface area contributed by atoms with Crippen molar-refractivity contribution in [3.05, 3.63) is 36.0 Å². The van der Waals surface area contributed by atoms with Crippen molar-refractivity contribution in [2.24, 2.45) is 0 Å². The number of ether oxygens (including phenoxy) is 1. The molecule has 0 saturated heterocycles. The Morgan fingerprint density at radius 2 is 2.25 bits per heavy atom. The highest BCUT2D eigenvalue weighted by Gasteiger charge is 2.12. The number of carbonyl (C=O) groups excluding carboxylic acids is 1. The van der Waals surface area contributed by atoms with Crippen molar-refractivity contribution in [2.75, 3.05) is 20.3 Å². The molecule has 0 fully saturated rings. The SMILES string of the molecule is COc1ccccc1-c1cc(C(=O)NCCCO)[nH]n1. The van der Waals surface area contributed by atoms with Gasteiger partial charge in [0.1, 0.15) is 11.4 Å². The van der Waals surface area contributed by atoms with Gasteiger partial charge in [0.15, 0.2) is 0 Å². The molecule has 0 unspecified atom stereocenters. The van der Waals surface area contributed by atoms with Gasteiger partial charge < -0.3 is 15.2 Å². The number of aliphatic hydroxyl groups is 1. The Bertz CT molecular complexity index is 581. The fourth-order valence-corrected chi connectivity index (χ4v) is 1.81. The van der Waals surface area contributed by atoms with Crippen LogP contribution in [0.4, 0.5) is 0 Å². The fraction of sp³-hybridized carbons (Fsp3) is 0.286. The molecule has 1 heterocycles. The molecule has 1 aromatic heterocycles. The lowest BCUT2D eigenvalue weighted by Gasteiger charge is -2.04. The fourth-order valence-electron chi connectivity index (χ4n) is 1.81. The molecule has 106 valence electrons. The number of nitrogens with zero attached hydrogens (tertiary/aromatic N) is 1. The molecule has 1 amide bonds. The van der Waals surface area contributed by atoms with Crippen LogP contribution in [0.2, 0.25) is 0 Å². The number of aromatic amines is 1. The maximum absolute atomic E-state index is 11.8. The highest BCUT2D eigenvalue weighted by atomic mass is 16.5. The quantitative estimate of drug-likeness (QED) is 0.691. The molecule has 20 heavy (non-hydrogen) atoms. The Labute approximate surface area is 116 Å². The van der Waals surface area contributed by atoms with Crippen LogP contribution in [0.25, 0.3) is 11.3 Å². The van der Waals surface area contributed by atoms with Crippen molar-refractivity contribution in [3.8, 4) is 17.0 Å². The standard InChI is InChI=1S/C14H17N3O3/c1-20-13-6-3-2-5-10(13)11-9-12(17-16-11)14(19)15-7-4-8-18/h2-3,5-6,9,18H,4,7-8H2,1H3,(H,15,19)(H,16,17). The number of benzene rings is 1. The Hall–Kier alpha value is -2.34. The van der Waals surface area contributed by atoms with Gasteiger partial charge in [0, 0.05) is 18.7 Å². The van der Waals surface area contributed by atoms with E-state index in [4.69, 9.17) is 9.84 Å². The zero-order valence-corrected chi connectivity index (χ0v) is 11.2. The molecule has 0 spiro atoms. The van der Waals surface area contributed by atoms with Gasteiger partial charge in [-0.05, 0) is 24.6 Å². The summed E-state index contributed by atoms with van der Waals surface area (Å²) in [5.74, 6) is 0.457. The maximum Gasteiger partial charge on any atom is 0.269 e. The van der Waals surface area contributed by atoms with Crippen LogP contribution in [0, 0.1) is 0 Å². The largest absolute Gasteiger partial charge is 0.496 e. The highest BCUT2D eigenvalue weighted by Crippen LogP contribution is 2.28. The van der Waals surface area contributed by atoms with Crippen LogP contribution in [0.5, 0.6) is 5.75 Å². The summed E-state index contributed by atoms with van der Waals surface area (Å²) in [6, 6.07) is 9.14. The Kier molecular flexibility index (Phi) is 4.73. The van der Waals surface area contributed by atoms with Gasteiger partial charge in [0.2, 0.25) is 0 Å². The minimum Gasteiger partial charge on any atom is -0.496 e. The Balaban J connectivity index is 2.14. The first kappa shape index (κ1) is 14.1. The van der Waals surface area contributed by atoms with Gasteiger partial charge in [-0.25, -0.2) is 0 Å². The predicted molar refractivity (Wildman–Crippen MR) is 74.6 cm³/mol. The van der Waals surface area contributed by atoms with E-state index in [1.165, 1.54) is 0 Å². The van der Waals surface area contributed by atoms with Crippen molar-refractivity contribution in [1.82, 2.24) is 15.5 Å². The zero-order chi connectivity index (χ0) is 14.4. The molecular formula is C14H17N3O3. The summed E-state index contributed by atoms with van der Waals surface area (Å²) in [6.07, 6.45) is 0.527. The van der Waals surface area contributed by atoms with E-state index in [0.717, 1.165) is 5.56 Å². The number of para-hydroxylation sites is 1. The van der Waals surface area contributed by atoms with E-state index in [9.17, 15) is 4.79 Å². The second kappa shape index (κ2) is 6.72. The van der Waals surface area contributed by atoms with Gasteiger partial charge in [-0.3, -0.25) is 9.89 Å².